The topological polar surface area (TPSA) is 35.6 Å². The number of benzene rings is 1. The van der Waals surface area contributed by atoms with E-state index < -0.39 is 0 Å². The van der Waals surface area contributed by atoms with Crippen molar-refractivity contribution in [3.05, 3.63) is 29.3 Å². The number of nitrogens with zero attached hydrogens (tertiary/aromatic N) is 2. The summed E-state index contributed by atoms with van der Waals surface area (Å²) >= 11 is 0. The molecule has 0 aliphatic carbocycles. The van der Waals surface area contributed by atoms with Gasteiger partial charge in [-0.3, -0.25) is 0 Å². The van der Waals surface area contributed by atoms with E-state index in [9.17, 15) is 4.79 Å². The summed E-state index contributed by atoms with van der Waals surface area (Å²) in [6.45, 7) is 10.1. The van der Waals surface area contributed by atoms with Gasteiger partial charge in [0.25, 0.3) is 0 Å². The van der Waals surface area contributed by atoms with Crippen LogP contribution in [0.25, 0.3) is 0 Å². The number of urea groups is 1. The number of aryl methyl sites for hydroxylation is 1. The van der Waals surface area contributed by atoms with Crippen molar-refractivity contribution in [1.29, 1.82) is 0 Å². The Morgan fingerprint density at radius 2 is 2.19 bits per heavy atom. The normalized spacial score (nSPS) is 18.3. The van der Waals surface area contributed by atoms with Crippen molar-refractivity contribution in [2.24, 2.45) is 5.92 Å². The summed E-state index contributed by atoms with van der Waals surface area (Å²) in [5, 5.41) is 3.05. The third-order valence-corrected chi connectivity index (χ3v) is 4.53. The summed E-state index contributed by atoms with van der Waals surface area (Å²) in [7, 11) is 2.14. The lowest BCUT2D eigenvalue weighted by Gasteiger charge is -2.21. The van der Waals surface area contributed by atoms with Crippen LogP contribution in [-0.2, 0) is 0 Å². The van der Waals surface area contributed by atoms with Gasteiger partial charge in [-0.25, -0.2) is 4.79 Å². The average Bonchev–Trinajstić information content (AvgIpc) is 2.92. The molecule has 2 rings (SSSR count). The fourth-order valence-electron chi connectivity index (χ4n) is 2.82. The quantitative estimate of drug-likeness (QED) is 0.924. The average molecular weight is 289 g/mol. The first-order valence-electron chi connectivity index (χ1n) is 7.82. The van der Waals surface area contributed by atoms with E-state index in [1.54, 1.807) is 0 Å². The van der Waals surface area contributed by atoms with E-state index in [0.717, 1.165) is 43.9 Å². The van der Waals surface area contributed by atoms with Gasteiger partial charge in [0, 0.05) is 25.3 Å². The van der Waals surface area contributed by atoms with Gasteiger partial charge in [-0.05, 0) is 57.0 Å². The zero-order valence-electron chi connectivity index (χ0n) is 13.6. The number of hydrogen-bond acceptors (Lipinski definition) is 2. The highest BCUT2D eigenvalue weighted by atomic mass is 16.2. The lowest BCUT2D eigenvalue weighted by Crippen LogP contribution is -2.34. The number of carbonyl (C=O) groups is 1. The molecule has 21 heavy (non-hydrogen) atoms. The second kappa shape index (κ2) is 6.94. The molecule has 1 saturated heterocycles. The predicted molar refractivity (Wildman–Crippen MR) is 87.8 cm³/mol. The molecule has 1 heterocycles. The fraction of sp³-hybridized carbons (Fsp3) is 0.588. The van der Waals surface area contributed by atoms with Crippen LogP contribution in [-0.4, -0.2) is 49.1 Å². The highest BCUT2D eigenvalue weighted by Gasteiger charge is 2.27. The van der Waals surface area contributed by atoms with Crippen LogP contribution in [0.2, 0.25) is 0 Å². The molecule has 0 aromatic heterocycles. The van der Waals surface area contributed by atoms with Crippen LogP contribution in [0.15, 0.2) is 18.2 Å². The maximum Gasteiger partial charge on any atom is 0.321 e. The highest BCUT2D eigenvalue weighted by Crippen LogP contribution is 2.21. The summed E-state index contributed by atoms with van der Waals surface area (Å²) in [4.78, 5) is 16.6. The minimum absolute atomic E-state index is 0.0327. The zero-order chi connectivity index (χ0) is 15.4. The van der Waals surface area contributed by atoms with E-state index in [1.165, 1.54) is 5.56 Å². The number of amides is 2. The molecule has 1 aliphatic rings. The first-order chi connectivity index (χ1) is 10.0. The smallest absolute Gasteiger partial charge is 0.321 e. The zero-order valence-corrected chi connectivity index (χ0v) is 13.6. The van der Waals surface area contributed by atoms with E-state index in [0.29, 0.717) is 5.92 Å². The second-order valence-electron chi connectivity index (χ2n) is 6.13. The Morgan fingerprint density at radius 1 is 1.43 bits per heavy atom. The fourth-order valence-corrected chi connectivity index (χ4v) is 2.82. The molecule has 1 fully saturated rings. The Labute approximate surface area is 128 Å². The van der Waals surface area contributed by atoms with Crippen molar-refractivity contribution in [3.8, 4) is 0 Å². The van der Waals surface area contributed by atoms with Crippen LogP contribution in [0, 0.1) is 19.8 Å². The molecule has 0 bridgehead atoms. The van der Waals surface area contributed by atoms with Gasteiger partial charge < -0.3 is 15.1 Å². The first-order valence-corrected chi connectivity index (χ1v) is 7.82. The number of rotatable bonds is 4. The van der Waals surface area contributed by atoms with Crippen molar-refractivity contribution >= 4 is 11.7 Å². The molecule has 1 aromatic rings. The number of carbonyl (C=O) groups excluding carboxylic acids is 1. The minimum Gasteiger partial charge on any atom is -0.324 e. The molecule has 1 N–H and O–H groups in total. The molecule has 0 spiro atoms. The van der Waals surface area contributed by atoms with E-state index in [2.05, 4.69) is 37.2 Å². The summed E-state index contributed by atoms with van der Waals surface area (Å²) < 4.78 is 0. The SMILES string of the molecule is CCN(C)CC1CCN(C(=O)Nc2cccc(C)c2C)C1. The molecule has 0 radical (unpaired) electrons. The van der Waals surface area contributed by atoms with E-state index in [1.807, 2.05) is 24.0 Å². The number of likely N-dealkylation sites (tertiary alicyclic amines) is 1. The predicted octanol–water partition coefficient (Wildman–Crippen LogP) is 3.11. The molecular weight excluding hydrogens is 262 g/mol. The molecule has 1 atom stereocenters. The van der Waals surface area contributed by atoms with Gasteiger partial charge in [0.2, 0.25) is 0 Å². The standard InChI is InChI=1S/C17H27N3O/c1-5-19(4)11-15-9-10-20(12-15)17(21)18-16-8-6-7-13(2)14(16)3/h6-8,15H,5,9-12H2,1-4H3,(H,18,21). The van der Waals surface area contributed by atoms with Gasteiger partial charge in [0.15, 0.2) is 0 Å². The van der Waals surface area contributed by atoms with E-state index in [4.69, 9.17) is 0 Å². The lowest BCUT2D eigenvalue weighted by atomic mass is 10.1. The molecule has 4 heteroatoms. The maximum atomic E-state index is 12.4. The van der Waals surface area contributed by atoms with Crippen molar-refractivity contribution < 1.29 is 4.79 Å². The van der Waals surface area contributed by atoms with Crippen LogP contribution in [0.3, 0.4) is 0 Å². The van der Waals surface area contributed by atoms with E-state index >= 15 is 0 Å². The third-order valence-electron chi connectivity index (χ3n) is 4.53. The van der Waals surface area contributed by atoms with Crippen LogP contribution in [0.1, 0.15) is 24.5 Å². The molecule has 1 aromatic carbocycles. The van der Waals surface area contributed by atoms with Crippen LogP contribution in [0.4, 0.5) is 10.5 Å². The Morgan fingerprint density at radius 3 is 2.90 bits per heavy atom. The minimum atomic E-state index is 0.0327. The monoisotopic (exact) mass is 289 g/mol. The second-order valence-corrected chi connectivity index (χ2v) is 6.13. The Bertz CT molecular complexity index is 501. The molecule has 2 amide bonds. The van der Waals surface area contributed by atoms with Gasteiger partial charge in [0.05, 0.1) is 0 Å². The number of nitrogens with one attached hydrogen (secondary N) is 1. The maximum absolute atomic E-state index is 12.4. The van der Waals surface area contributed by atoms with Gasteiger partial charge in [0.1, 0.15) is 0 Å². The number of hydrogen-bond donors (Lipinski definition) is 1. The van der Waals surface area contributed by atoms with Crippen molar-refractivity contribution in [2.45, 2.75) is 27.2 Å². The molecular formula is C17H27N3O. The van der Waals surface area contributed by atoms with Gasteiger partial charge in [-0.2, -0.15) is 0 Å². The Hall–Kier alpha value is -1.55. The summed E-state index contributed by atoms with van der Waals surface area (Å²) in [5.74, 6) is 0.597. The summed E-state index contributed by atoms with van der Waals surface area (Å²) in [6.07, 6.45) is 1.10. The van der Waals surface area contributed by atoms with Crippen molar-refractivity contribution in [2.75, 3.05) is 38.5 Å². The largest absolute Gasteiger partial charge is 0.324 e. The first kappa shape index (κ1) is 15.8. The van der Waals surface area contributed by atoms with Crippen LogP contribution < -0.4 is 5.32 Å². The highest BCUT2D eigenvalue weighted by molar-refractivity contribution is 5.90. The molecule has 1 aliphatic heterocycles. The summed E-state index contributed by atoms with van der Waals surface area (Å²) in [6, 6.07) is 6.06. The van der Waals surface area contributed by atoms with Gasteiger partial charge in [-0.1, -0.05) is 19.1 Å². The van der Waals surface area contributed by atoms with E-state index in [-0.39, 0.29) is 6.03 Å². The molecule has 0 saturated carbocycles. The van der Waals surface area contributed by atoms with Crippen LogP contribution in [0.5, 0.6) is 0 Å². The third kappa shape index (κ3) is 3.97. The lowest BCUT2D eigenvalue weighted by molar-refractivity contribution is 0.218. The molecule has 1 unspecified atom stereocenters. The van der Waals surface area contributed by atoms with Crippen LogP contribution >= 0.6 is 0 Å². The summed E-state index contributed by atoms with van der Waals surface area (Å²) in [5.41, 5.74) is 3.28. The molecule has 4 nitrogen and oxygen atoms in total. The van der Waals surface area contributed by atoms with Gasteiger partial charge >= 0.3 is 6.03 Å². The Balaban J connectivity index is 1.91. The van der Waals surface area contributed by atoms with Crippen molar-refractivity contribution in [1.82, 2.24) is 9.80 Å². The molecule has 116 valence electrons. The Kier molecular flexibility index (Phi) is 5.23. The number of anilines is 1. The van der Waals surface area contributed by atoms with Gasteiger partial charge in [-0.15, -0.1) is 0 Å². The van der Waals surface area contributed by atoms with Crippen molar-refractivity contribution in [3.63, 3.8) is 0 Å².